The summed E-state index contributed by atoms with van der Waals surface area (Å²) in [5.41, 5.74) is 4.35. The van der Waals surface area contributed by atoms with Crippen molar-refractivity contribution in [1.82, 2.24) is 9.96 Å². The fraction of sp³-hybridized carbons (Fsp3) is 0.368. The maximum atomic E-state index is 5.90. The first-order chi connectivity index (χ1) is 12.6. The van der Waals surface area contributed by atoms with Crippen LogP contribution < -0.4 is 9.64 Å². The quantitative estimate of drug-likeness (QED) is 0.816. The van der Waals surface area contributed by atoms with Crippen molar-refractivity contribution in [2.75, 3.05) is 25.3 Å². The Morgan fingerprint density at radius 2 is 2.00 bits per heavy atom. The highest BCUT2D eigenvalue weighted by molar-refractivity contribution is 5.67. The standard InChI is InChI=1S/C19H23N5O2/c1-5-26-17-7-6-13(2)9-16(17)23-10-14(3)8-15-19(23)24-12-22(25-4)11-18(24)21-20-15/h6-7,9-11H,5,8,12H2,1-4H3. The second-order valence-electron chi connectivity index (χ2n) is 6.55. The molecule has 0 unspecified atom stereocenters. The van der Waals surface area contributed by atoms with Gasteiger partial charge in [-0.05, 0) is 38.5 Å². The Kier molecular flexibility index (Phi) is 4.16. The third-order valence-electron chi connectivity index (χ3n) is 4.54. The van der Waals surface area contributed by atoms with Gasteiger partial charge < -0.3 is 4.74 Å². The fourth-order valence-corrected chi connectivity index (χ4v) is 3.38. The Labute approximate surface area is 153 Å². The molecule has 136 valence electrons. The molecule has 7 heteroatoms. The SMILES string of the molecule is CCOc1ccc(C)cc1N1C=C(C)CC2=C1N1CN(OC)C=C1N=N2. The first kappa shape index (κ1) is 16.7. The maximum absolute atomic E-state index is 5.90. The molecule has 0 saturated heterocycles. The van der Waals surface area contributed by atoms with E-state index in [0.29, 0.717) is 13.3 Å². The van der Waals surface area contributed by atoms with Gasteiger partial charge in [-0.25, -0.2) is 5.06 Å². The molecular weight excluding hydrogens is 330 g/mol. The van der Waals surface area contributed by atoms with Crippen LogP contribution in [0.15, 0.2) is 63.7 Å². The van der Waals surface area contributed by atoms with E-state index in [2.05, 4.69) is 52.2 Å². The van der Waals surface area contributed by atoms with E-state index < -0.39 is 0 Å². The molecule has 3 heterocycles. The second kappa shape index (κ2) is 6.49. The van der Waals surface area contributed by atoms with Crippen molar-refractivity contribution in [3.05, 3.63) is 59.1 Å². The van der Waals surface area contributed by atoms with Crippen LogP contribution in [0.4, 0.5) is 5.69 Å². The summed E-state index contributed by atoms with van der Waals surface area (Å²) in [5.74, 6) is 2.63. The molecule has 0 bridgehead atoms. The summed E-state index contributed by atoms with van der Waals surface area (Å²) in [6, 6.07) is 6.24. The average molecular weight is 353 g/mol. The summed E-state index contributed by atoms with van der Waals surface area (Å²) < 4.78 is 5.90. The van der Waals surface area contributed by atoms with E-state index >= 15 is 0 Å². The van der Waals surface area contributed by atoms with Crippen molar-refractivity contribution < 1.29 is 9.57 Å². The molecule has 0 amide bonds. The number of fused-ring (bicyclic) bond motifs is 2. The van der Waals surface area contributed by atoms with E-state index in [0.717, 1.165) is 35.2 Å². The van der Waals surface area contributed by atoms with Gasteiger partial charge in [0.25, 0.3) is 0 Å². The predicted molar refractivity (Wildman–Crippen MR) is 98.7 cm³/mol. The predicted octanol–water partition coefficient (Wildman–Crippen LogP) is 4.08. The molecule has 0 spiro atoms. The number of hydrogen-bond acceptors (Lipinski definition) is 7. The molecule has 0 N–H and O–H groups in total. The molecule has 7 nitrogen and oxygen atoms in total. The lowest BCUT2D eigenvalue weighted by atomic mass is 10.1. The summed E-state index contributed by atoms with van der Waals surface area (Å²) in [6.45, 7) is 7.38. The molecule has 4 rings (SSSR count). The van der Waals surface area contributed by atoms with Crippen molar-refractivity contribution >= 4 is 5.69 Å². The number of benzene rings is 1. The van der Waals surface area contributed by atoms with Gasteiger partial charge in [-0.3, -0.25) is 14.6 Å². The zero-order valence-electron chi connectivity index (χ0n) is 15.6. The molecule has 0 radical (unpaired) electrons. The van der Waals surface area contributed by atoms with Crippen LogP contribution >= 0.6 is 0 Å². The summed E-state index contributed by atoms with van der Waals surface area (Å²) in [6.07, 6.45) is 4.79. The smallest absolute Gasteiger partial charge is 0.177 e. The number of nitrogens with zero attached hydrogens (tertiary/aromatic N) is 5. The molecule has 0 aliphatic carbocycles. The molecule has 0 fully saturated rings. The van der Waals surface area contributed by atoms with Gasteiger partial charge in [0.15, 0.2) is 5.82 Å². The van der Waals surface area contributed by atoms with Crippen molar-refractivity contribution in [1.29, 1.82) is 0 Å². The Morgan fingerprint density at radius 3 is 2.77 bits per heavy atom. The number of aryl methyl sites for hydroxylation is 1. The lowest BCUT2D eigenvalue weighted by molar-refractivity contribution is -0.0952. The first-order valence-corrected chi connectivity index (χ1v) is 8.75. The van der Waals surface area contributed by atoms with Crippen LogP contribution in [0.25, 0.3) is 0 Å². The number of azo groups is 1. The van der Waals surface area contributed by atoms with Crippen molar-refractivity contribution in [3.63, 3.8) is 0 Å². The highest BCUT2D eigenvalue weighted by Crippen LogP contribution is 2.42. The molecule has 1 aromatic carbocycles. The molecule has 1 aromatic rings. The second-order valence-corrected chi connectivity index (χ2v) is 6.55. The van der Waals surface area contributed by atoms with Crippen molar-refractivity contribution in [3.8, 4) is 5.75 Å². The van der Waals surface area contributed by atoms with Gasteiger partial charge >= 0.3 is 0 Å². The Morgan fingerprint density at radius 1 is 1.15 bits per heavy atom. The minimum atomic E-state index is 0.572. The summed E-state index contributed by atoms with van der Waals surface area (Å²) >= 11 is 0. The van der Waals surface area contributed by atoms with Gasteiger partial charge in [-0.15, -0.1) is 10.2 Å². The number of anilines is 1. The monoisotopic (exact) mass is 353 g/mol. The van der Waals surface area contributed by atoms with E-state index in [1.54, 1.807) is 12.2 Å². The van der Waals surface area contributed by atoms with Gasteiger partial charge in [0.05, 0.1) is 25.6 Å². The van der Waals surface area contributed by atoms with Crippen molar-refractivity contribution in [2.45, 2.75) is 27.2 Å². The van der Waals surface area contributed by atoms with Gasteiger partial charge in [0.2, 0.25) is 0 Å². The topological polar surface area (TPSA) is 52.9 Å². The molecule has 0 saturated carbocycles. The first-order valence-electron chi connectivity index (χ1n) is 8.75. The fourth-order valence-electron chi connectivity index (χ4n) is 3.38. The number of ether oxygens (including phenoxy) is 1. The minimum Gasteiger partial charge on any atom is -0.492 e. The zero-order chi connectivity index (χ0) is 18.3. The largest absolute Gasteiger partial charge is 0.492 e. The van der Waals surface area contributed by atoms with Crippen molar-refractivity contribution in [2.24, 2.45) is 10.2 Å². The molecule has 26 heavy (non-hydrogen) atoms. The van der Waals surface area contributed by atoms with Crippen LogP contribution in [0.5, 0.6) is 5.75 Å². The summed E-state index contributed by atoms with van der Waals surface area (Å²) in [4.78, 5) is 9.64. The normalized spacial score (nSPS) is 18.7. The van der Waals surface area contributed by atoms with Gasteiger partial charge in [0.1, 0.15) is 23.9 Å². The van der Waals surface area contributed by atoms with Crippen LogP contribution in [0.1, 0.15) is 25.8 Å². The van der Waals surface area contributed by atoms with Crippen LogP contribution in [0.2, 0.25) is 0 Å². The third-order valence-corrected chi connectivity index (χ3v) is 4.54. The molecule has 3 aliphatic rings. The van der Waals surface area contributed by atoms with Gasteiger partial charge in [-0.2, -0.15) is 0 Å². The van der Waals surface area contributed by atoms with Crippen LogP contribution in [0, 0.1) is 6.92 Å². The van der Waals surface area contributed by atoms with Crippen LogP contribution in [0.3, 0.4) is 0 Å². The highest BCUT2D eigenvalue weighted by Gasteiger charge is 2.35. The zero-order valence-corrected chi connectivity index (χ0v) is 15.6. The van der Waals surface area contributed by atoms with E-state index in [4.69, 9.17) is 9.57 Å². The maximum Gasteiger partial charge on any atom is 0.177 e. The molecule has 0 atom stereocenters. The molecule has 0 aromatic heterocycles. The van der Waals surface area contributed by atoms with Gasteiger partial charge in [-0.1, -0.05) is 11.6 Å². The van der Waals surface area contributed by atoms with Crippen LogP contribution in [-0.4, -0.2) is 30.3 Å². The van der Waals surface area contributed by atoms with E-state index in [1.807, 2.05) is 19.2 Å². The Balaban J connectivity index is 1.82. The van der Waals surface area contributed by atoms with Crippen LogP contribution in [-0.2, 0) is 4.84 Å². The highest BCUT2D eigenvalue weighted by atomic mass is 16.7. The Hall–Kier alpha value is -2.80. The third kappa shape index (κ3) is 2.74. The molecular formula is C19H23N5O2. The summed E-state index contributed by atoms with van der Waals surface area (Å²) in [5, 5.41) is 10.6. The van der Waals surface area contributed by atoms with E-state index in [-0.39, 0.29) is 0 Å². The number of allylic oxidation sites excluding steroid dienone is 1. The number of rotatable bonds is 4. The summed E-state index contributed by atoms with van der Waals surface area (Å²) in [7, 11) is 1.65. The van der Waals surface area contributed by atoms with Gasteiger partial charge in [0, 0.05) is 12.6 Å². The molecule has 3 aliphatic heterocycles. The lowest BCUT2D eigenvalue weighted by Crippen LogP contribution is -2.37. The number of hydrogen-bond donors (Lipinski definition) is 0. The number of hydroxylamine groups is 2. The Bertz CT molecular complexity index is 855. The lowest BCUT2D eigenvalue weighted by Gasteiger charge is -2.37. The van der Waals surface area contributed by atoms with E-state index in [1.165, 1.54) is 11.1 Å². The van der Waals surface area contributed by atoms with E-state index in [9.17, 15) is 0 Å². The minimum absolute atomic E-state index is 0.572. The average Bonchev–Trinajstić information content (AvgIpc) is 3.06.